The molecule has 1 unspecified atom stereocenters. The fraction of sp³-hybridized carbons (Fsp3) is 0.435. The predicted octanol–water partition coefficient (Wildman–Crippen LogP) is 3.78. The lowest BCUT2D eigenvalue weighted by Gasteiger charge is -2.17. The molecule has 0 bridgehead atoms. The second-order valence-electron chi connectivity index (χ2n) is 8.07. The number of nitrogens with zero attached hydrogens (tertiary/aromatic N) is 1. The van der Waals surface area contributed by atoms with Crippen LogP contribution in [0, 0.1) is 0 Å². The lowest BCUT2D eigenvalue weighted by atomic mass is 10.1. The normalized spacial score (nSPS) is 18.3. The molecule has 9 heteroatoms. The third kappa shape index (κ3) is 4.58. The molecule has 32 heavy (non-hydrogen) atoms. The van der Waals surface area contributed by atoms with Crippen molar-refractivity contribution in [2.75, 3.05) is 19.7 Å². The molecule has 0 spiro atoms. The van der Waals surface area contributed by atoms with Crippen LogP contribution in [0.3, 0.4) is 0 Å². The van der Waals surface area contributed by atoms with E-state index in [0.717, 1.165) is 36.1 Å². The van der Waals surface area contributed by atoms with Gasteiger partial charge in [0.05, 0.1) is 22.1 Å². The van der Waals surface area contributed by atoms with E-state index in [0.29, 0.717) is 25.4 Å². The molecule has 7 nitrogen and oxygen atoms in total. The van der Waals surface area contributed by atoms with Gasteiger partial charge in [-0.1, -0.05) is 11.6 Å². The van der Waals surface area contributed by atoms with E-state index in [1.807, 2.05) is 26.0 Å². The Balaban J connectivity index is 1.54. The van der Waals surface area contributed by atoms with Crippen molar-refractivity contribution in [1.29, 1.82) is 0 Å². The number of amides is 1. The molecular formula is C23H27ClN2O5S. The van der Waals surface area contributed by atoms with Gasteiger partial charge < -0.3 is 14.8 Å². The quantitative estimate of drug-likeness (QED) is 0.654. The standard InChI is InChI=1S/C23H27ClN2O5S/c1-3-30-21-11-16-10-15(2)31-22(16)12-17(21)14-25-23(27)19-13-18(6-7-20(19)24)32(28,29)26-8-4-5-9-26/h6-7,11-13,15H,3-5,8-10,14H2,1-2H3,(H,25,27). The van der Waals surface area contributed by atoms with Gasteiger partial charge in [0.2, 0.25) is 10.0 Å². The monoisotopic (exact) mass is 478 g/mol. The first-order valence-electron chi connectivity index (χ1n) is 10.8. The summed E-state index contributed by atoms with van der Waals surface area (Å²) in [6, 6.07) is 8.09. The smallest absolute Gasteiger partial charge is 0.253 e. The summed E-state index contributed by atoms with van der Waals surface area (Å²) >= 11 is 6.24. The number of hydrogen-bond acceptors (Lipinski definition) is 5. The minimum absolute atomic E-state index is 0.0730. The Kier molecular flexibility index (Phi) is 6.65. The van der Waals surface area contributed by atoms with Gasteiger partial charge in [0.1, 0.15) is 17.6 Å². The van der Waals surface area contributed by atoms with E-state index in [-0.39, 0.29) is 28.1 Å². The average molecular weight is 479 g/mol. The molecule has 2 aromatic carbocycles. The Morgan fingerprint density at radius 3 is 2.72 bits per heavy atom. The van der Waals surface area contributed by atoms with Gasteiger partial charge in [-0.05, 0) is 57.0 Å². The minimum Gasteiger partial charge on any atom is -0.494 e. The number of ether oxygens (including phenoxy) is 2. The topological polar surface area (TPSA) is 84.9 Å². The van der Waals surface area contributed by atoms with Gasteiger partial charge in [0, 0.05) is 37.2 Å². The molecule has 0 aliphatic carbocycles. The summed E-state index contributed by atoms with van der Waals surface area (Å²) in [6.45, 7) is 5.59. The molecule has 2 aliphatic heterocycles. The van der Waals surface area contributed by atoms with Crippen LogP contribution >= 0.6 is 11.6 Å². The first-order valence-corrected chi connectivity index (χ1v) is 12.6. The van der Waals surface area contributed by atoms with Crippen LogP contribution in [0.15, 0.2) is 35.2 Å². The molecule has 1 saturated heterocycles. The second-order valence-corrected chi connectivity index (χ2v) is 10.4. The van der Waals surface area contributed by atoms with Crippen LogP contribution in [0.4, 0.5) is 0 Å². The molecule has 0 radical (unpaired) electrons. The summed E-state index contributed by atoms with van der Waals surface area (Å²) in [5.41, 5.74) is 1.99. The van der Waals surface area contributed by atoms with Gasteiger partial charge in [-0.15, -0.1) is 0 Å². The predicted molar refractivity (Wildman–Crippen MR) is 122 cm³/mol. The Bertz CT molecular complexity index is 1130. The third-order valence-corrected chi connectivity index (χ3v) is 7.93. The van der Waals surface area contributed by atoms with Gasteiger partial charge >= 0.3 is 0 Å². The number of hydrogen-bond donors (Lipinski definition) is 1. The molecule has 1 atom stereocenters. The van der Waals surface area contributed by atoms with Crippen LogP contribution in [0.5, 0.6) is 11.5 Å². The molecule has 2 aromatic rings. The van der Waals surface area contributed by atoms with Gasteiger partial charge in [0.15, 0.2) is 0 Å². The highest BCUT2D eigenvalue weighted by Gasteiger charge is 2.28. The number of carbonyl (C=O) groups is 1. The number of nitrogens with one attached hydrogen (secondary N) is 1. The van der Waals surface area contributed by atoms with Crippen molar-refractivity contribution in [3.05, 3.63) is 52.0 Å². The van der Waals surface area contributed by atoms with Crippen LogP contribution in [-0.2, 0) is 23.0 Å². The number of benzene rings is 2. The van der Waals surface area contributed by atoms with Crippen molar-refractivity contribution in [2.45, 2.75) is 50.7 Å². The maximum atomic E-state index is 12.9. The fourth-order valence-corrected chi connectivity index (χ4v) is 5.84. The van der Waals surface area contributed by atoms with E-state index in [2.05, 4.69) is 5.32 Å². The number of rotatable bonds is 7. The summed E-state index contributed by atoms with van der Waals surface area (Å²) in [5, 5.41) is 3.03. The van der Waals surface area contributed by atoms with E-state index in [9.17, 15) is 13.2 Å². The number of fused-ring (bicyclic) bond motifs is 1. The Morgan fingerprint density at radius 2 is 2.00 bits per heavy atom. The fourth-order valence-electron chi connectivity index (χ4n) is 4.10. The molecule has 4 rings (SSSR count). The van der Waals surface area contributed by atoms with Crippen LogP contribution in [0.2, 0.25) is 5.02 Å². The number of carbonyl (C=O) groups excluding carboxylic acids is 1. The van der Waals surface area contributed by atoms with Crippen LogP contribution in [0.1, 0.15) is 48.2 Å². The largest absolute Gasteiger partial charge is 0.494 e. The van der Waals surface area contributed by atoms with Crippen molar-refractivity contribution in [3.63, 3.8) is 0 Å². The maximum Gasteiger partial charge on any atom is 0.253 e. The lowest BCUT2D eigenvalue weighted by molar-refractivity contribution is 0.0950. The molecule has 1 amide bonds. The van der Waals surface area contributed by atoms with E-state index in [4.69, 9.17) is 21.1 Å². The first-order chi connectivity index (χ1) is 15.3. The summed E-state index contributed by atoms with van der Waals surface area (Å²) < 4.78 is 38.8. The SMILES string of the molecule is CCOc1cc2c(cc1CNC(=O)c1cc(S(=O)(=O)N3CCCC3)ccc1Cl)OC(C)C2. The first kappa shape index (κ1) is 22.9. The second kappa shape index (κ2) is 9.29. The van der Waals surface area contributed by atoms with Crippen LogP contribution in [0.25, 0.3) is 0 Å². The summed E-state index contributed by atoms with van der Waals surface area (Å²) in [7, 11) is -3.65. The Hall–Kier alpha value is -2.29. The summed E-state index contributed by atoms with van der Waals surface area (Å²) in [5.74, 6) is 1.04. The van der Waals surface area contributed by atoms with Crippen molar-refractivity contribution in [3.8, 4) is 11.5 Å². The molecule has 1 N–H and O–H groups in total. The zero-order valence-electron chi connectivity index (χ0n) is 18.2. The van der Waals surface area contributed by atoms with Gasteiger partial charge in [-0.3, -0.25) is 4.79 Å². The summed E-state index contributed by atoms with van der Waals surface area (Å²) in [4.78, 5) is 13.0. The van der Waals surface area contributed by atoms with Crippen molar-refractivity contribution < 1.29 is 22.7 Å². The zero-order chi connectivity index (χ0) is 22.9. The van der Waals surface area contributed by atoms with Crippen LogP contribution in [-0.4, -0.2) is 44.4 Å². The van der Waals surface area contributed by atoms with Gasteiger partial charge in [-0.2, -0.15) is 4.31 Å². The average Bonchev–Trinajstić information content (AvgIpc) is 3.41. The summed E-state index contributed by atoms with van der Waals surface area (Å²) in [6.07, 6.45) is 2.59. The van der Waals surface area contributed by atoms with Crippen molar-refractivity contribution in [2.24, 2.45) is 0 Å². The van der Waals surface area contributed by atoms with E-state index < -0.39 is 15.9 Å². The molecule has 1 fully saturated rings. The highest BCUT2D eigenvalue weighted by molar-refractivity contribution is 7.89. The Labute approximate surface area is 193 Å². The maximum absolute atomic E-state index is 12.9. The van der Waals surface area contributed by atoms with Crippen molar-refractivity contribution in [1.82, 2.24) is 9.62 Å². The third-order valence-electron chi connectivity index (χ3n) is 5.70. The minimum atomic E-state index is -3.65. The molecule has 0 aromatic heterocycles. The molecule has 2 heterocycles. The number of halogens is 1. The van der Waals surface area contributed by atoms with E-state index in [1.165, 1.54) is 22.5 Å². The molecule has 172 valence electrons. The highest BCUT2D eigenvalue weighted by Crippen LogP contribution is 2.35. The van der Waals surface area contributed by atoms with Gasteiger partial charge in [-0.25, -0.2) is 8.42 Å². The molecule has 0 saturated carbocycles. The highest BCUT2D eigenvalue weighted by atomic mass is 35.5. The van der Waals surface area contributed by atoms with Crippen molar-refractivity contribution >= 4 is 27.5 Å². The number of sulfonamides is 1. The zero-order valence-corrected chi connectivity index (χ0v) is 19.8. The van der Waals surface area contributed by atoms with E-state index in [1.54, 1.807) is 0 Å². The lowest BCUT2D eigenvalue weighted by Crippen LogP contribution is -2.28. The molecular weight excluding hydrogens is 452 g/mol. The molecule has 2 aliphatic rings. The van der Waals surface area contributed by atoms with Crippen LogP contribution < -0.4 is 14.8 Å². The van der Waals surface area contributed by atoms with Gasteiger partial charge in [0.25, 0.3) is 5.91 Å². The van der Waals surface area contributed by atoms with E-state index >= 15 is 0 Å². The Morgan fingerprint density at radius 1 is 1.25 bits per heavy atom.